The van der Waals surface area contributed by atoms with Crippen molar-refractivity contribution in [1.29, 1.82) is 0 Å². The van der Waals surface area contributed by atoms with E-state index in [0.29, 0.717) is 12.0 Å². The highest BCUT2D eigenvalue weighted by molar-refractivity contribution is 5.34. The standard InChI is InChI=1S/C16H23N3/c1-12(2)16-9-10-19(18-16)15-7-5-14(6-8-15)11-17-13(3)4/h5-10,12-13,17H,11H2,1-4H3. The zero-order valence-corrected chi connectivity index (χ0v) is 12.2. The van der Waals surface area contributed by atoms with Crippen LogP contribution >= 0.6 is 0 Å². The monoisotopic (exact) mass is 257 g/mol. The van der Waals surface area contributed by atoms with Crippen LogP contribution in [0.3, 0.4) is 0 Å². The van der Waals surface area contributed by atoms with Gasteiger partial charge in [-0.3, -0.25) is 0 Å². The Morgan fingerprint density at radius 1 is 1.05 bits per heavy atom. The van der Waals surface area contributed by atoms with Crippen molar-refractivity contribution in [1.82, 2.24) is 15.1 Å². The third-order valence-corrected chi connectivity index (χ3v) is 3.12. The molecule has 0 aliphatic carbocycles. The molecule has 0 amide bonds. The zero-order chi connectivity index (χ0) is 13.8. The lowest BCUT2D eigenvalue weighted by atomic mass is 10.1. The quantitative estimate of drug-likeness (QED) is 0.888. The third kappa shape index (κ3) is 3.67. The first-order valence-electron chi connectivity index (χ1n) is 6.94. The summed E-state index contributed by atoms with van der Waals surface area (Å²) in [7, 11) is 0. The summed E-state index contributed by atoms with van der Waals surface area (Å²) in [5, 5.41) is 8.00. The number of hydrogen-bond donors (Lipinski definition) is 1. The summed E-state index contributed by atoms with van der Waals surface area (Å²) in [6, 6.07) is 11.1. The predicted molar refractivity (Wildman–Crippen MR) is 79.6 cm³/mol. The van der Waals surface area contributed by atoms with Crippen LogP contribution in [0.1, 0.15) is 44.9 Å². The van der Waals surface area contributed by atoms with Gasteiger partial charge in [-0.1, -0.05) is 39.8 Å². The van der Waals surface area contributed by atoms with Crippen LogP contribution in [-0.4, -0.2) is 15.8 Å². The fourth-order valence-corrected chi connectivity index (χ4v) is 1.88. The molecule has 1 aromatic heterocycles. The van der Waals surface area contributed by atoms with E-state index in [1.165, 1.54) is 5.56 Å². The second-order valence-corrected chi connectivity index (χ2v) is 5.54. The molecular weight excluding hydrogens is 234 g/mol. The van der Waals surface area contributed by atoms with Gasteiger partial charge in [-0.05, 0) is 29.7 Å². The van der Waals surface area contributed by atoms with E-state index in [1.54, 1.807) is 0 Å². The first kappa shape index (κ1) is 13.8. The highest BCUT2D eigenvalue weighted by Gasteiger charge is 2.04. The maximum absolute atomic E-state index is 4.58. The molecule has 0 bridgehead atoms. The van der Waals surface area contributed by atoms with Gasteiger partial charge in [-0.25, -0.2) is 4.68 Å². The van der Waals surface area contributed by atoms with Crippen molar-refractivity contribution < 1.29 is 0 Å². The van der Waals surface area contributed by atoms with Crippen LogP contribution in [-0.2, 0) is 6.54 Å². The molecule has 0 aliphatic heterocycles. The zero-order valence-electron chi connectivity index (χ0n) is 12.2. The van der Waals surface area contributed by atoms with Gasteiger partial charge in [0.2, 0.25) is 0 Å². The van der Waals surface area contributed by atoms with Crippen LogP contribution in [0.4, 0.5) is 0 Å². The fraction of sp³-hybridized carbons (Fsp3) is 0.438. The molecule has 3 heteroatoms. The minimum absolute atomic E-state index is 0.468. The minimum atomic E-state index is 0.468. The molecule has 2 aromatic rings. The SMILES string of the molecule is CC(C)NCc1ccc(-n2ccc(C(C)C)n2)cc1. The number of nitrogens with zero attached hydrogens (tertiary/aromatic N) is 2. The summed E-state index contributed by atoms with van der Waals surface area (Å²) in [4.78, 5) is 0. The summed E-state index contributed by atoms with van der Waals surface area (Å²) < 4.78 is 1.94. The van der Waals surface area contributed by atoms with Crippen molar-refractivity contribution in [3.8, 4) is 5.69 Å². The molecular formula is C16H23N3. The molecule has 0 unspecified atom stereocenters. The molecule has 0 atom stereocenters. The first-order valence-corrected chi connectivity index (χ1v) is 6.94. The molecule has 102 valence electrons. The van der Waals surface area contributed by atoms with Crippen molar-refractivity contribution >= 4 is 0 Å². The summed E-state index contributed by atoms with van der Waals surface area (Å²) in [5.74, 6) is 0.468. The van der Waals surface area contributed by atoms with Gasteiger partial charge in [0.25, 0.3) is 0 Å². The van der Waals surface area contributed by atoms with Crippen LogP contribution in [0.2, 0.25) is 0 Å². The fourth-order valence-electron chi connectivity index (χ4n) is 1.88. The molecule has 1 N–H and O–H groups in total. The van der Waals surface area contributed by atoms with Crippen LogP contribution < -0.4 is 5.32 Å². The van der Waals surface area contributed by atoms with Crippen LogP contribution in [0, 0.1) is 0 Å². The number of benzene rings is 1. The number of hydrogen-bond acceptors (Lipinski definition) is 2. The van der Waals surface area contributed by atoms with Crippen molar-refractivity contribution in [3.05, 3.63) is 47.8 Å². The third-order valence-electron chi connectivity index (χ3n) is 3.12. The Balaban J connectivity index is 2.08. The molecule has 0 fully saturated rings. The topological polar surface area (TPSA) is 29.9 Å². The first-order chi connectivity index (χ1) is 9.06. The maximum atomic E-state index is 4.58. The lowest BCUT2D eigenvalue weighted by Crippen LogP contribution is -2.21. The number of rotatable bonds is 5. The van der Waals surface area contributed by atoms with Crippen LogP contribution in [0.15, 0.2) is 36.5 Å². The van der Waals surface area contributed by atoms with Gasteiger partial charge in [0.05, 0.1) is 11.4 Å². The number of nitrogens with one attached hydrogen (secondary N) is 1. The van der Waals surface area contributed by atoms with Crippen molar-refractivity contribution in [2.75, 3.05) is 0 Å². The minimum Gasteiger partial charge on any atom is -0.310 e. The normalized spacial score (nSPS) is 11.5. The van der Waals surface area contributed by atoms with E-state index in [9.17, 15) is 0 Å². The molecule has 2 rings (SSSR count). The van der Waals surface area contributed by atoms with E-state index in [4.69, 9.17) is 0 Å². The number of aromatic nitrogens is 2. The second-order valence-electron chi connectivity index (χ2n) is 5.54. The van der Waals surface area contributed by atoms with Gasteiger partial charge in [0.1, 0.15) is 0 Å². The summed E-state index contributed by atoms with van der Waals surface area (Å²) in [6.07, 6.45) is 2.02. The van der Waals surface area contributed by atoms with Gasteiger partial charge in [0, 0.05) is 18.8 Å². The molecule has 0 aliphatic rings. The van der Waals surface area contributed by atoms with E-state index < -0.39 is 0 Å². The van der Waals surface area contributed by atoms with E-state index >= 15 is 0 Å². The van der Waals surface area contributed by atoms with Gasteiger partial charge < -0.3 is 5.32 Å². The van der Waals surface area contributed by atoms with Crippen molar-refractivity contribution in [2.45, 2.75) is 46.2 Å². The van der Waals surface area contributed by atoms with E-state index in [2.05, 4.69) is 68.4 Å². The van der Waals surface area contributed by atoms with Gasteiger partial charge in [0.15, 0.2) is 0 Å². The summed E-state index contributed by atoms with van der Waals surface area (Å²) >= 11 is 0. The van der Waals surface area contributed by atoms with Crippen LogP contribution in [0.25, 0.3) is 5.69 Å². The Hall–Kier alpha value is -1.61. The van der Waals surface area contributed by atoms with E-state index in [-0.39, 0.29) is 0 Å². The van der Waals surface area contributed by atoms with Crippen LogP contribution in [0.5, 0.6) is 0 Å². The average Bonchev–Trinajstić information content (AvgIpc) is 2.86. The second kappa shape index (κ2) is 6.02. The van der Waals surface area contributed by atoms with Crippen molar-refractivity contribution in [2.24, 2.45) is 0 Å². The van der Waals surface area contributed by atoms with E-state index in [1.807, 2.05) is 10.9 Å². The molecule has 0 spiro atoms. The largest absolute Gasteiger partial charge is 0.310 e. The maximum Gasteiger partial charge on any atom is 0.0654 e. The molecule has 0 saturated carbocycles. The Morgan fingerprint density at radius 2 is 1.74 bits per heavy atom. The Morgan fingerprint density at radius 3 is 2.26 bits per heavy atom. The lowest BCUT2D eigenvalue weighted by molar-refractivity contribution is 0.589. The molecule has 1 heterocycles. The lowest BCUT2D eigenvalue weighted by Gasteiger charge is -2.09. The molecule has 1 aromatic carbocycles. The summed E-state index contributed by atoms with van der Waals surface area (Å²) in [5.41, 5.74) is 3.54. The van der Waals surface area contributed by atoms with Gasteiger partial charge >= 0.3 is 0 Å². The highest BCUT2D eigenvalue weighted by atomic mass is 15.3. The van der Waals surface area contributed by atoms with Gasteiger partial charge in [-0.15, -0.1) is 0 Å². The predicted octanol–water partition coefficient (Wildman–Crippen LogP) is 3.49. The average molecular weight is 257 g/mol. The van der Waals surface area contributed by atoms with Crippen molar-refractivity contribution in [3.63, 3.8) is 0 Å². The van der Waals surface area contributed by atoms with Gasteiger partial charge in [-0.2, -0.15) is 5.10 Å². The van der Waals surface area contributed by atoms with E-state index in [0.717, 1.165) is 17.9 Å². The Kier molecular flexibility index (Phi) is 4.38. The molecule has 0 radical (unpaired) electrons. The Labute approximate surface area is 115 Å². The Bertz CT molecular complexity index is 509. The highest BCUT2D eigenvalue weighted by Crippen LogP contribution is 2.14. The smallest absolute Gasteiger partial charge is 0.0654 e. The molecule has 3 nitrogen and oxygen atoms in total. The molecule has 19 heavy (non-hydrogen) atoms. The summed E-state index contributed by atoms with van der Waals surface area (Å²) in [6.45, 7) is 9.55. The molecule has 0 saturated heterocycles.